The largest absolute Gasteiger partial charge is 0.394 e. The summed E-state index contributed by atoms with van der Waals surface area (Å²) in [5, 5.41) is 42.9. The number of hydrogen-bond acceptors (Lipinski definition) is 6. The zero-order valence-corrected chi connectivity index (χ0v) is 14.2. The third kappa shape index (κ3) is 3.01. The summed E-state index contributed by atoms with van der Waals surface area (Å²) < 4.78 is 5.35. The fourth-order valence-electron chi connectivity index (χ4n) is 3.18. The van der Waals surface area contributed by atoms with E-state index >= 15 is 0 Å². The lowest BCUT2D eigenvalue weighted by Gasteiger charge is -2.45. The van der Waals surface area contributed by atoms with Crippen LogP contribution in [0.1, 0.15) is 21.6 Å². The normalized spacial score (nSPS) is 30.5. The number of thiophene rings is 1. The van der Waals surface area contributed by atoms with E-state index in [9.17, 15) is 20.4 Å². The summed E-state index contributed by atoms with van der Waals surface area (Å²) in [6.07, 6.45) is -2.91. The highest BCUT2D eigenvalue weighted by atomic mass is 32.1. The maximum absolute atomic E-state index is 11.1. The van der Waals surface area contributed by atoms with Crippen molar-refractivity contribution >= 4 is 11.3 Å². The summed E-state index contributed by atoms with van der Waals surface area (Å²) in [5.74, 6) is 0. The number of aliphatic hydroxyl groups is 4. The smallest absolute Gasteiger partial charge is 0.146 e. The Bertz CT molecular complexity index is 683. The van der Waals surface area contributed by atoms with Gasteiger partial charge in [0.15, 0.2) is 0 Å². The number of aliphatic hydroxyl groups excluding tert-OH is 3. The molecule has 130 valence electrons. The third-order valence-corrected chi connectivity index (χ3v) is 5.57. The quantitative estimate of drug-likeness (QED) is 0.659. The van der Waals surface area contributed by atoms with Gasteiger partial charge in [0.1, 0.15) is 23.9 Å². The van der Waals surface area contributed by atoms with E-state index in [1.165, 1.54) is 4.88 Å². The Kier molecular flexibility index (Phi) is 5.05. The first-order chi connectivity index (χ1) is 11.5. The van der Waals surface area contributed by atoms with Crippen molar-refractivity contribution in [3.05, 3.63) is 57.3 Å². The van der Waals surface area contributed by atoms with Gasteiger partial charge in [-0.1, -0.05) is 24.3 Å². The summed E-state index contributed by atoms with van der Waals surface area (Å²) in [6, 6.07) is 9.44. The molecule has 2 aromatic rings. The van der Waals surface area contributed by atoms with Crippen molar-refractivity contribution < 1.29 is 25.2 Å². The van der Waals surface area contributed by atoms with Crippen molar-refractivity contribution in [1.82, 2.24) is 0 Å². The van der Waals surface area contributed by atoms with Crippen LogP contribution in [0.5, 0.6) is 0 Å². The molecule has 3 rings (SSSR count). The Morgan fingerprint density at radius 1 is 1.29 bits per heavy atom. The number of aryl methyl sites for hydroxylation is 1. The third-order valence-electron chi connectivity index (χ3n) is 4.70. The molecule has 0 aliphatic carbocycles. The maximum atomic E-state index is 11.1. The Morgan fingerprint density at radius 3 is 2.75 bits per heavy atom. The van der Waals surface area contributed by atoms with Crippen LogP contribution >= 0.6 is 11.3 Å². The van der Waals surface area contributed by atoms with E-state index in [1.54, 1.807) is 17.4 Å². The van der Waals surface area contributed by atoms with Crippen molar-refractivity contribution in [2.24, 2.45) is 0 Å². The van der Waals surface area contributed by atoms with Gasteiger partial charge < -0.3 is 25.2 Å². The number of ether oxygens (including phenoxy) is 1. The predicted molar refractivity (Wildman–Crippen MR) is 91.0 cm³/mol. The molecule has 0 radical (unpaired) electrons. The number of rotatable bonds is 4. The van der Waals surface area contributed by atoms with Crippen molar-refractivity contribution in [3.63, 3.8) is 0 Å². The molecule has 2 heterocycles. The molecule has 1 aromatic heterocycles. The molecule has 6 heteroatoms. The van der Waals surface area contributed by atoms with Gasteiger partial charge in [0.2, 0.25) is 0 Å². The van der Waals surface area contributed by atoms with Crippen molar-refractivity contribution in [2.75, 3.05) is 13.2 Å². The minimum atomic E-state index is -1.86. The highest BCUT2D eigenvalue weighted by Crippen LogP contribution is 2.37. The van der Waals surface area contributed by atoms with Gasteiger partial charge in [-0.25, -0.2) is 0 Å². The van der Waals surface area contributed by atoms with Crippen LogP contribution in [0.4, 0.5) is 0 Å². The van der Waals surface area contributed by atoms with Gasteiger partial charge >= 0.3 is 0 Å². The highest BCUT2D eigenvalue weighted by Gasteiger charge is 2.52. The SMILES string of the molecule is Cc1ccc([C@@]2(O)[C@H](O)[C@@H](O)CO[C@@H]2CO)cc1Cc1cccs1. The molecule has 1 fully saturated rings. The molecule has 4 N–H and O–H groups in total. The zero-order chi connectivity index (χ0) is 17.3. The van der Waals surface area contributed by atoms with Gasteiger partial charge in [-0.05, 0) is 35.1 Å². The summed E-state index contributed by atoms with van der Waals surface area (Å²) in [6.45, 7) is 1.42. The number of benzene rings is 1. The maximum Gasteiger partial charge on any atom is 0.146 e. The second-order valence-electron chi connectivity index (χ2n) is 6.24. The van der Waals surface area contributed by atoms with Crippen molar-refractivity contribution in [3.8, 4) is 0 Å². The van der Waals surface area contributed by atoms with Gasteiger partial charge in [0, 0.05) is 11.3 Å². The molecule has 5 nitrogen and oxygen atoms in total. The van der Waals surface area contributed by atoms with Gasteiger partial charge in [0.05, 0.1) is 13.2 Å². The van der Waals surface area contributed by atoms with Gasteiger partial charge in [-0.3, -0.25) is 0 Å². The average Bonchev–Trinajstić information content (AvgIpc) is 3.08. The van der Waals surface area contributed by atoms with E-state index in [-0.39, 0.29) is 6.61 Å². The molecule has 1 aliphatic heterocycles. The second kappa shape index (κ2) is 6.92. The van der Waals surface area contributed by atoms with E-state index in [0.29, 0.717) is 5.56 Å². The van der Waals surface area contributed by atoms with Crippen LogP contribution in [0.15, 0.2) is 35.7 Å². The first-order valence-electron chi connectivity index (χ1n) is 7.90. The van der Waals surface area contributed by atoms with Gasteiger partial charge in [-0.2, -0.15) is 0 Å². The summed E-state index contributed by atoms with van der Waals surface area (Å²) in [5.41, 5.74) is 0.671. The van der Waals surface area contributed by atoms with Crippen molar-refractivity contribution in [2.45, 2.75) is 37.3 Å². The summed E-state index contributed by atoms with van der Waals surface area (Å²) in [4.78, 5) is 1.20. The van der Waals surface area contributed by atoms with E-state index in [2.05, 4.69) is 0 Å². The summed E-state index contributed by atoms with van der Waals surface area (Å²) in [7, 11) is 0. The molecule has 0 amide bonds. The Labute approximate surface area is 144 Å². The molecular formula is C18H22O5S. The molecule has 0 saturated carbocycles. The van der Waals surface area contributed by atoms with Crippen LogP contribution in [0.25, 0.3) is 0 Å². The first-order valence-corrected chi connectivity index (χ1v) is 8.78. The Morgan fingerprint density at radius 2 is 2.08 bits per heavy atom. The van der Waals surface area contributed by atoms with E-state index in [4.69, 9.17) is 4.74 Å². The van der Waals surface area contributed by atoms with Crippen LogP contribution in [0.3, 0.4) is 0 Å². The van der Waals surface area contributed by atoms with Crippen LogP contribution in [0.2, 0.25) is 0 Å². The first kappa shape index (κ1) is 17.5. The van der Waals surface area contributed by atoms with E-state index < -0.39 is 30.5 Å². The topological polar surface area (TPSA) is 90.2 Å². The van der Waals surface area contributed by atoms with Crippen LogP contribution < -0.4 is 0 Å². The molecule has 0 bridgehead atoms. The second-order valence-corrected chi connectivity index (χ2v) is 7.27. The van der Waals surface area contributed by atoms with E-state index in [1.807, 2.05) is 36.6 Å². The molecule has 1 aliphatic rings. The molecule has 0 spiro atoms. The molecular weight excluding hydrogens is 328 g/mol. The lowest BCUT2D eigenvalue weighted by molar-refractivity contribution is -0.255. The lowest BCUT2D eigenvalue weighted by atomic mass is 9.78. The van der Waals surface area contributed by atoms with Crippen LogP contribution in [0, 0.1) is 6.92 Å². The standard InChI is InChI=1S/C18H22O5S/c1-11-4-5-13(7-12(11)8-14-3-2-6-24-14)18(22)16(9-19)23-10-15(20)17(18)21/h2-7,15-17,19-22H,8-10H2,1H3/t15-,16+,17+,18-/m0/s1. The predicted octanol–water partition coefficient (Wildman–Crippen LogP) is 0.948. The average molecular weight is 350 g/mol. The highest BCUT2D eigenvalue weighted by molar-refractivity contribution is 7.09. The van der Waals surface area contributed by atoms with Gasteiger partial charge in [0.25, 0.3) is 0 Å². The molecule has 4 atom stereocenters. The Balaban J connectivity index is 2.00. The van der Waals surface area contributed by atoms with Crippen LogP contribution in [-0.4, -0.2) is 52.0 Å². The van der Waals surface area contributed by atoms with Crippen molar-refractivity contribution in [1.29, 1.82) is 0 Å². The lowest BCUT2D eigenvalue weighted by Crippen LogP contribution is -2.61. The van der Waals surface area contributed by atoms with Crippen LogP contribution in [-0.2, 0) is 16.8 Å². The fourth-order valence-corrected chi connectivity index (χ4v) is 3.91. The molecule has 24 heavy (non-hydrogen) atoms. The zero-order valence-electron chi connectivity index (χ0n) is 13.4. The van der Waals surface area contributed by atoms with E-state index in [0.717, 1.165) is 17.5 Å². The fraction of sp³-hybridized carbons (Fsp3) is 0.444. The monoisotopic (exact) mass is 350 g/mol. The summed E-state index contributed by atoms with van der Waals surface area (Å²) >= 11 is 1.66. The Hall–Kier alpha value is -1.28. The molecule has 0 unspecified atom stereocenters. The molecule has 1 aromatic carbocycles. The molecule has 1 saturated heterocycles. The minimum Gasteiger partial charge on any atom is -0.394 e. The minimum absolute atomic E-state index is 0.122. The van der Waals surface area contributed by atoms with Gasteiger partial charge in [-0.15, -0.1) is 11.3 Å². The number of hydrogen-bond donors (Lipinski definition) is 4.